The molecule has 0 atom stereocenters. The molecule has 1 amide bonds. The van der Waals surface area contributed by atoms with Crippen LogP contribution in [-0.4, -0.2) is 19.6 Å². The standard InChI is InChI=1S/C25H26Cl2N2O3/c1-3-13-32-22-12-11-17(14-23(22)31-2)16-28-24(30)15-18-7-4-5-10-21(18)29-25-19(26)8-6-9-20(25)27/h4-12,14,29H,3,13,15-16H2,1-2H3,(H,28,30). The number of rotatable bonds is 10. The molecule has 0 aliphatic heterocycles. The monoisotopic (exact) mass is 472 g/mol. The van der Waals surface area contributed by atoms with Crippen LogP contribution in [0.1, 0.15) is 24.5 Å². The Morgan fingerprint density at radius 3 is 2.44 bits per heavy atom. The molecule has 0 aliphatic rings. The second-order valence-corrected chi connectivity index (χ2v) is 7.98. The zero-order valence-corrected chi connectivity index (χ0v) is 19.6. The van der Waals surface area contributed by atoms with Crippen molar-refractivity contribution in [3.05, 3.63) is 81.8 Å². The molecule has 32 heavy (non-hydrogen) atoms. The minimum absolute atomic E-state index is 0.102. The van der Waals surface area contributed by atoms with Gasteiger partial charge in [-0.3, -0.25) is 4.79 Å². The molecule has 3 aromatic rings. The number of hydrogen-bond acceptors (Lipinski definition) is 4. The van der Waals surface area contributed by atoms with Gasteiger partial charge in [-0.25, -0.2) is 0 Å². The normalized spacial score (nSPS) is 10.5. The van der Waals surface area contributed by atoms with E-state index >= 15 is 0 Å². The van der Waals surface area contributed by atoms with Crippen molar-refractivity contribution in [3.8, 4) is 11.5 Å². The van der Waals surface area contributed by atoms with E-state index in [2.05, 4.69) is 10.6 Å². The van der Waals surface area contributed by atoms with Crippen LogP contribution in [0.3, 0.4) is 0 Å². The lowest BCUT2D eigenvalue weighted by Crippen LogP contribution is -2.24. The van der Waals surface area contributed by atoms with Gasteiger partial charge in [-0.15, -0.1) is 0 Å². The molecule has 0 spiro atoms. The average molecular weight is 473 g/mol. The predicted octanol–water partition coefficient (Wildman–Crippen LogP) is 6.39. The van der Waals surface area contributed by atoms with Crippen LogP contribution < -0.4 is 20.1 Å². The van der Waals surface area contributed by atoms with E-state index in [9.17, 15) is 4.79 Å². The molecule has 7 heteroatoms. The van der Waals surface area contributed by atoms with E-state index in [1.165, 1.54) is 0 Å². The summed E-state index contributed by atoms with van der Waals surface area (Å²) in [5, 5.41) is 7.23. The zero-order valence-electron chi connectivity index (χ0n) is 18.1. The van der Waals surface area contributed by atoms with Crippen molar-refractivity contribution in [1.82, 2.24) is 5.32 Å². The lowest BCUT2D eigenvalue weighted by Gasteiger charge is -2.15. The Bertz CT molecular complexity index is 1050. The smallest absolute Gasteiger partial charge is 0.224 e. The van der Waals surface area contributed by atoms with Gasteiger partial charge in [0.15, 0.2) is 11.5 Å². The van der Waals surface area contributed by atoms with Crippen molar-refractivity contribution in [3.63, 3.8) is 0 Å². The molecule has 0 aromatic heterocycles. The van der Waals surface area contributed by atoms with Crippen LogP contribution >= 0.6 is 23.2 Å². The Labute approximate surface area is 198 Å². The Morgan fingerprint density at radius 2 is 1.72 bits per heavy atom. The number of carbonyl (C=O) groups excluding carboxylic acids is 1. The lowest BCUT2D eigenvalue weighted by molar-refractivity contribution is -0.120. The molecule has 3 aromatic carbocycles. The molecule has 168 valence electrons. The summed E-state index contributed by atoms with van der Waals surface area (Å²) in [5.74, 6) is 1.24. The van der Waals surface area contributed by atoms with E-state index in [-0.39, 0.29) is 12.3 Å². The van der Waals surface area contributed by atoms with Gasteiger partial charge in [0.05, 0.1) is 35.9 Å². The highest BCUT2D eigenvalue weighted by Gasteiger charge is 2.12. The van der Waals surface area contributed by atoms with Crippen LogP contribution in [0.25, 0.3) is 0 Å². The highest BCUT2D eigenvalue weighted by atomic mass is 35.5. The zero-order chi connectivity index (χ0) is 22.9. The topological polar surface area (TPSA) is 59.6 Å². The van der Waals surface area contributed by atoms with Crippen LogP contribution in [-0.2, 0) is 17.8 Å². The maximum atomic E-state index is 12.6. The SMILES string of the molecule is CCCOc1ccc(CNC(=O)Cc2ccccc2Nc2c(Cl)cccc2Cl)cc1OC. The van der Waals surface area contributed by atoms with Gasteiger partial charge in [0.1, 0.15) is 0 Å². The van der Waals surface area contributed by atoms with Crippen LogP contribution in [0, 0.1) is 0 Å². The molecule has 0 unspecified atom stereocenters. The summed E-state index contributed by atoms with van der Waals surface area (Å²) in [6.45, 7) is 3.06. The number of amides is 1. The minimum Gasteiger partial charge on any atom is -0.493 e. The molecule has 0 bridgehead atoms. The molecule has 3 rings (SSSR count). The fourth-order valence-electron chi connectivity index (χ4n) is 3.14. The van der Waals surface area contributed by atoms with Crippen LogP contribution in [0.5, 0.6) is 11.5 Å². The molecular weight excluding hydrogens is 447 g/mol. The van der Waals surface area contributed by atoms with Gasteiger partial charge in [-0.2, -0.15) is 0 Å². The van der Waals surface area contributed by atoms with Crippen molar-refractivity contribution in [2.24, 2.45) is 0 Å². The first kappa shape index (κ1) is 23.8. The fraction of sp³-hybridized carbons (Fsp3) is 0.240. The molecule has 0 aliphatic carbocycles. The van der Waals surface area contributed by atoms with Crippen LogP contribution in [0.2, 0.25) is 10.0 Å². The largest absolute Gasteiger partial charge is 0.493 e. The van der Waals surface area contributed by atoms with E-state index in [4.69, 9.17) is 32.7 Å². The number of para-hydroxylation sites is 2. The van der Waals surface area contributed by atoms with Gasteiger partial charge >= 0.3 is 0 Å². The first-order valence-electron chi connectivity index (χ1n) is 10.4. The predicted molar refractivity (Wildman–Crippen MR) is 131 cm³/mol. The Kier molecular flexibility index (Phi) is 8.65. The molecule has 0 heterocycles. The molecular formula is C25H26Cl2N2O3. The summed E-state index contributed by atoms with van der Waals surface area (Å²) >= 11 is 12.5. The van der Waals surface area contributed by atoms with Crippen LogP contribution in [0.4, 0.5) is 11.4 Å². The molecule has 2 N–H and O–H groups in total. The third-order valence-electron chi connectivity index (χ3n) is 4.77. The summed E-state index contributed by atoms with van der Waals surface area (Å²) in [5.41, 5.74) is 3.15. The summed E-state index contributed by atoms with van der Waals surface area (Å²) < 4.78 is 11.1. The van der Waals surface area contributed by atoms with Gasteiger partial charge < -0.3 is 20.1 Å². The second-order valence-electron chi connectivity index (χ2n) is 7.17. The van der Waals surface area contributed by atoms with E-state index in [0.717, 1.165) is 23.2 Å². The van der Waals surface area contributed by atoms with Crippen molar-refractivity contribution in [1.29, 1.82) is 0 Å². The second kappa shape index (κ2) is 11.7. The fourth-order valence-corrected chi connectivity index (χ4v) is 3.63. The summed E-state index contributed by atoms with van der Waals surface area (Å²) in [6.07, 6.45) is 1.13. The lowest BCUT2D eigenvalue weighted by atomic mass is 10.1. The minimum atomic E-state index is -0.102. The summed E-state index contributed by atoms with van der Waals surface area (Å²) in [6, 6.07) is 18.5. The van der Waals surface area contributed by atoms with Crippen molar-refractivity contribution >= 4 is 40.5 Å². The van der Waals surface area contributed by atoms with Gasteiger partial charge in [0, 0.05) is 12.2 Å². The number of carbonyl (C=O) groups is 1. The third-order valence-corrected chi connectivity index (χ3v) is 5.40. The Morgan fingerprint density at radius 1 is 0.969 bits per heavy atom. The average Bonchev–Trinajstić information content (AvgIpc) is 2.80. The van der Waals surface area contributed by atoms with E-state index in [1.807, 2.05) is 49.4 Å². The molecule has 0 saturated carbocycles. The number of methoxy groups -OCH3 is 1. The van der Waals surface area contributed by atoms with Crippen molar-refractivity contribution in [2.75, 3.05) is 19.0 Å². The van der Waals surface area contributed by atoms with E-state index in [1.54, 1.807) is 25.3 Å². The summed E-state index contributed by atoms with van der Waals surface area (Å²) in [7, 11) is 1.60. The first-order chi connectivity index (χ1) is 15.5. The van der Waals surface area contributed by atoms with Gasteiger partial charge in [-0.05, 0) is 47.9 Å². The number of ether oxygens (including phenoxy) is 2. The number of halogens is 2. The van der Waals surface area contributed by atoms with Crippen molar-refractivity contribution in [2.45, 2.75) is 26.3 Å². The van der Waals surface area contributed by atoms with Gasteiger partial charge in [0.2, 0.25) is 5.91 Å². The van der Waals surface area contributed by atoms with Gasteiger partial charge in [0.25, 0.3) is 0 Å². The number of benzene rings is 3. The number of nitrogens with one attached hydrogen (secondary N) is 2. The third kappa shape index (κ3) is 6.31. The Balaban J connectivity index is 1.65. The van der Waals surface area contributed by atoms with E-state index < -0.39 is 0 Å². The quantitative estimate of drug-likeness (QED) is 0.358. The maximum absolute atomic E-state index is 12.6. The number of anilines is 2. The first-order valence-corrected chi connectivity index (χ1v) is 11.1. The van der Waals surface area contributed by atoms with Crippen molar-refractivity contribution < 1.29 is 14.3 Å². The Hall–Kier alpha value is -2.89. The highest BCUT2D eigenvalue weighted by molar-refractivity contribution is 6.39. The molecule has 5 nitrogen and oxygen atoms in total. The molecule has 0 saturated heterocycles. The number of hydrogen-bond donors (Lipinski definition) is 2. The maximum Gasteiger partial charge on any atom is 0.224 e. The van der Waals surface area contributed by atoms with Crippen LogP contribution in [0.15, 0.2) is 60.7 Å². The highest BCUT2D eigenvalue weighted by Crippen LogP contribution is 2.33. The van der Waals surface area contributed by atoms with Gasteiger partial charge in [-0.1, -0.05) is 60.5 Å². The molecule has 0 fully saturated rings. The molecule has 0 radical (unpaired) electrons. The van der Waals surface area contributed by atoms with E-state index in [0.29, 0.717) is 40.4 Å². The summed E-state index contributed by atoms with van der Waals surface area (Å²) in [4.78, 5) is 12.6.